The number of thiazole rings is 1. The van der Waals surface area contributed by atoms with Gasteiger partial charge < -0.3 is 10.4 Å². The molecule has 1 rings (SSSR count). The lowest BCUT2D eigenvalue weighted by Gasteiger charge is -2.10. The minimum atomic E-state index is -1.08. The molecule has 0 aliphatic rings. The van der Waals surface area contributed by atoms with Crippen LogP contribution in [-0.4, -0.2) is 22.0 Å². The van der Waals surface area contributed by atoms with Gasteiger partial charge in [0.05, 0.1) is 0 Å². The number of carboxylic acids is 1. The first-order chi connectivity index (χ1) is 7.58. The van der Waals surface area contributed by atoms with Crippen LogP contribution in [0.5, 0.6) is 0 Å². The molecule has 1 aromatic heterocycles. The van der Waals surface area contributed by atoms with Crippen molar-refractivity contribution in [3.8, 4) is 0 Å². The molecule has 2 N–H and O–H groups in total. The van der Waals surface area contributed by atoms with E-state index in [4.69, 9.17) is 5.11 Å². The molecule has 0 atom stereocenters. The van der Waals surface area contributed by atoms with Crippen LogP contribution in [-0.2, 0) is 4.79 Å². The van der Waals surface area contributed by atoms with Gasteiger partial charge in [-0.15, -0.1) is 11.3 Å². The van der Waals surface area contributed by atoms with Gasteiger partial charge in [-0.1, -0.05) is 13.8 Å². The van der Waals surface area contributed by atoms with Gasteiger partial charge in [0.25, 0.3) is 0 Å². The van der Waals surface area contributed by atoms with Crippen LogP contribution < -0.4 is 5.32 Å². The molecular weight excluding hydrogens is 228 g/mol. The molecule has 6 heteroatoms. The highest BCUT2D eigenvalue weighted by Gasteiger charge is 2.16. The van der Waals surface area contributed by atoms with E-state index in [1.165, 1.54) is 5.38 Å². The Hall–Kier alpha value is -1.43. The van der Waals surface area contributed by atoms with Gasteiger partial charge in [0.1, 0.15) is 0 Å². The predicted molar refractivity (Wildman–Crippen MR) is 61.8 cm³/mol. The first kappa shape index (κ1) is 12.6. The number of nitrogens with one attached hydrogen (secondary N) is 1. The number of aromatic nitrogens is 1. The lowest BCUT2D eigenvalue weighted by Crippen LogP contribution is -2.21. The van der Waals surface area contributed by atoms with Crippen LogP contribution in [0.25, 0.3) is 0 Å². The third-order valence-electron chi connectivity index (χ3n) is 2.31. The molecule has 0 aliphatic heterocycles. The first-order valence-electron chi connectivity index (χ1n) is 5.08. The van der Waals surface area contributed by atoms with E-state index in [0.29, 0.717) is 5.13 Å². The summed E-state index contributed by atoms with van der Waals surface area (Å²) < 4.78 is 0. The van der Waals surface area contributed by atoms with E-state index in [9.17, 15) is 9.59 Å². The molecule has 0 saturated carbocycles. The Morgan fingerprint density at radius 2 is 2.12 bits per heavy atom. The molecule has 0 aromatic carbocycles. The average Bonchev–Trinajstić information content (AvgIpc) is 2.68. The van der Waals surface area contributed by atoms with Crippen molar-refractivity contribution in [3.05, 3.63) is 11.1 Å². The summed E-state index contributed by atoms with van der Waals surface area (Å²) in [5.41, 5.74) is -0.0372. The highest BCUT2D eigenvalue weighted by molar-refractivity contribution is 7.14. The fraction of sp³-hybridized carbons (Fsp3) is 0.500. The van der Waals surface area contributed by atoms with E-state index in [1.807, 2.05) is 13.8 Å². The molecule has 1 heterocycles. The normalized spacial score (nSPS) is 10.4. The van der Waals surface area contributed by atoms with Crippen LogP contribution in [0.1, 0.15) is 37.2 Å². The van der Waals surface area contributed by atoms with E-state index in [2.05, 4.69) is 10.3 Å². The minimum Gasteiger partial charge on any atom is -0.476 e. The van der Waals surface area contributed by atoms with E-state index in [1.54, 1.807) is 0 Å². The van der Waals surface area contributed by atoms with E-state index < -0.39 is 5.97 Å². The molecule has 88 valence electrons. The van der Waals surface area contributed by atoms with Crippen LogP contribution in [0.15, 0.2) is 5.38 Å². The number of aromatic carboxylic acids is 1. The Labute approximate surface area is 97.5 Å². The Kier molecular flexibility index (Phi) is 4.42. The summed E-state index contributed by atoms with van der Waals surface area (Å²) in [6.45, 7) is 3.89. The second-order valence-electron chi connectivity index (χ2n) is 3.35. The molecule has 0 radical (unpaired) electrons. The zero-order valence-electron chi connectivity index (χ0n) is 9.19. The average molecular weight is 242 g/mol. The van der Waals surface area contributed by atoms with Gasteiger partial charge >= 0.3 is 5.97 Å². The predicted octanol–water partition coefficient (Wildman–Crippen LogP) is 2.22. The Bertz CT molecular complexity index is 385. The molecule has 0 saturated heterocycles. The summed E-state index contributed by atoms with van der Waals surface area (Å²) in [7, 11) is 0. The maximum atomic E-state index is 11.7. The number of hydrogen-bond donors (Lipinski definition) is 2. The zero-order chi connectivity index (χ0) is 12.1. The third-order valence-corrected chi connectivity index (χ3v) is 3.07. The summed E-state index contributed by atoms with van der Waals surface area (Å²) in [4.78, 5) is 26.0. The number of amides is 1. The Morgan fingerprint density at radius 3 is 2.56 bits per heavy atom. The van der Waals surface area contributed by atoms with Crippen molar-refractivity contribution in [1.82, 2.24) is 4.98 Å². The van der Waals surface area contributed by atoms with Crippen molar-refractivity contribution >= 4 is 28.3 Å². The summed E-state index contributed by atoms with van der Waals surface area (Å²) >= 11 is 1.12. The largest absolute Gasteiger partial charge is 0.476 e. The summed E-state index contributed by atoms with van der Waals surface area (Å²) in [5.74, 6) is -1.23. The second kappa shape index (κ2) is 5.60. The SMILES string of the molecule is CCC(CC)C(=O)Nc1nc(C(=O)O)cs1. The number of hydrogen-bond acceptors (Lipinski definition) is 4. The monoisotopic (exact) mass is 242 g/mol. The molecule has 16 heavy (non-hydrogen) atoms. The van der Waals surface area contributed by atoms with Gasteiger partial charge in [-0.25, -0.2) is 9.78 Å². The van der Waals surface area contributed by atoms with Gasteiger partial charge in [0, 0.05) is 11.3 Å². The van der Waals surface area contributed by atoms with Crippen LogP contribution in [0, 0.1) is 5.92 Å². The van der Waals surface area contributed by atoms with Crippen molar-refractivity contribution in [2.45, 2.75) is 26.7 Å². The fourth-order valence-electron chi connectivity index (χ4n) is 1.30. The highest BCUT2D eigenvalue weighted by Crippen LogP contribution is 2.17. The van der Waals surface area contributed by atoms with Crippen LogP contribution in [0.3, 0.4) is 0 Å². The maximum Gasteiger partial charge on any atom is 0.355 e. The second-order valence-corrected chi connectivity index (χ2v) is 4.20. The fourth-order valence-corrected chi connectivity index (χ4v) is 1.98. The number of carboxylic acid groups (broad SMARTS) is 1. The maximum absolute atomic E-state index is 11.7. The van der Waals surface area contributed by atoms with Gasteiger partial charge in [-0.05, 0) is 12.8 Å². The molecule has 0 bridgehead atoms. The molecule has 0 spiro atoms. The Morgan fingerprint density at radius 1 is 1.50 bits per heavy atom. The van der Waals surface area contributed by atoms with Crippen LogP contribution in [0.2, 0.25) is 0 Å². The third kappa shape index (κ3) is 3.03. The topological polar surface area (TPSA) is 79.3 Å². The molecule has 1 aromatic rings. The lowest BCUT2D eigenvalue weighted by molar-refractivity contribution is -0.120. The van der Waals surface area contributed by atoms with Crippen molar-refractivity contribution in [1.29, 1.82) is 0 Å². The van der Waals surface area contributed by atoms with Gasteiger partial charge in [-0.2, -0.15) is 0 Å². The van der Waals surface area contributed by atoms with Crippen molar-refractivity contribution in [2.75, 3.05) is 5.32 Å². The van der Waals surface area contributed by atoms with Crippen molar-refractivity contribution in [3.63, 3.8) is 0 Å². The molecule has 5 nitrogen and oxygen atoms in total. The molecule has 1 amide bonds. The zero-order valence-corrected chi connectivity index (χ0v) is 10.0. The van der Waals surface area contributed by atoms with E-state index in [-0.39, 0.29) is 17.5 Å². The minimum absolute atomic E-state index is 0.0372. The van der Waals surface area contributed by atoms with Gasteiger partial charge in [0.15, 0.2) is 10.8 Å². The number of carbonyl (C=O) groups excluding carboxylic acids is 1. The summed E-state index contributed by atoms with van der Waals surface area (Å²) in [5, 5.41) is 13.0. The van der Waals surface area contributed by atoms with E-state index >= 15 is 0 Å². The van der Waals surface area contributed by atoms with E-state index in [0.717, 1.165) is 24.2 Å². The standard InChI is InChI=1S/C10H14N2O3S/c1-3-6(4-2)8(13)12-10-11-7(5-16-10)9(14)15/h5-6H,3-4H2,1-2H3,(H,14,15)(H,11,12,13). The number of anilines is 1. The number of nitrogens with zero attached hydrogens (tertiary/aromatic N) is 1. The first-order valence-corrected chi connectivity index (χ1v) is 5.96. The van der Waals surface area contributed by atoms with Crippen LogP contribution in [0.4, 0.5) is 5.13 Å². The quantitative estimate of drug-likeness (QED) is 0.829. The van der Waals surface area contributed by atoms with Crippen LogP contribution >= 0.6 is 11.3 Å². The molecule has 0 unspecified atom stereocenters. The van der Waals surface area contributed by atoms with Gasteiger partial charge in [0.2, 0.25) is 5.91 Å². The summed E-state index contributed by atoms with van der Waals surface area (Å²) in [6.07, 6.45) is 1.53. The van der Waals surface area contributed by atoms with Crippen molar-refractivity contribution in [2.24, 2.45) is 5.92 Å². The highest BCUT2D eigenvalue weighted by atomic mass is 32.1. The number of carbonyl (C=O) groups is 2. The molecular formula is C10H14N2O3S. The Balaban J connectivity index is 2.65. The summed E-state index contributed by atoms with van der Waals surface area (Å²) in [6, 6.07) is 0. The molecule has 0 fully saturated rings. The molecule has 0 aliphatic carbocycles. The van der Waals surface area contributed by atoms with Gasteiger partial charge in [-0.3, -0.25) is 4.79 Å². The lowest BCUT2D eigenvalue weighted by atomic mass is 10.0. The smallest absolute Gasteiger partial charge is 0.355 e. The number of rotatable bonds is 5. The van der Waals surface area contributed by atoms with Crippen molar-refractivity contribution < 1.29 is 14.7 Å².